The van der Waals surface area contributed by atoms with E-state index in [4.69, 9.17) is 4.74 Å². The van der Waals surface area contributed by atoms with E-state index in [1.807, 2.05) is 0 Å². The smallest absolute Gasteiger partial charge is 0.311 e. The van der Waals surface area contributed by atoms with Gasteiger partial charge in [0, 0.05) is 12.3 Å². The number of esters is 1. The van der Waals surface area contributed by atoms with Crippen molar-refractivity contribution in [2.75, 3.05) is 6.61 Å². The SMILES string of the molecule is CCCCCCCCCCCC(=O)C(C)C(O)COC(=O)C(C)(C)C. The summed E-state index contributed by atoms with van der Waals surface area (Å²) in [5.74, 6) is -0.783. The molecule has 4 heteroatoms. The Balaban J connectivity index is 3.78. The summed E-state index contributed by atoms with van der Waals surface area (Å²) in [6.45, 7) is 9.12. The van der Waals surface area contributed by atoms with Gasteiger partial charge in [-0.15, -0.1) is 0 Å². The number of aliphatic hydroxyl groups is 1. The Kier molecular flexibility index (Phi) is 12.8. The van der Waals surface area contributed by atoms with Crippen molar-refractivity contribution < 1.29 is 19.4 Å². The molecule has 0 spiro atoms. The van der Waals surface area contributed by atoms with Gasteiger partial charge in [0.2, 0.25) is 0 Å². The van der Waals surface area contributed by atoms with Gasteiger partial charge in [-0.2, -0.15) is 0 Å². The lowest BCUT2D eigenvalue weighted by atomic mass is 9.95. The Morgan fingerprint density at radius 3 is 1.88 bits per heavy atom. The highest BCUT2D eigenvalue weighted by atomic mass is 16.5. The molecule has 25 heavy (non-hydrogen) atoms. The Hall–Kier alpha value is -0.900. The van der Waals surface area contributed by atoms with Gasteiger partial charge >= 0.3 is 5.97 Å². The van der Waals surface area contributed by atoms with Crippen molar-refractivity contribution in [3.05, 3.63) is 0 Å². The van der Waals surface area contributed by atoms with Crippen LogP contribution in [0.2, 0.25) is 0 Å². The molecule has 4 nitrogen and oxygen atoms in total. The molecule has 0 aromatic rings. The van der Waals surface area contributed by atoms with Crippen molar-refractivity contribution in [3.8, 4) is 0 Å². The zero-order chi connectivity index (χ0) is 19.3. The minimum Gasteiger partial charge on any atom is -0.463 e. The molecule has 0 aliphatic carbocycles. The number of carbonyl (C=O) groups is 2. The molecule has 148 valence electrons. The molecule has 1 N–H and O–H groups in total. The number of ether oxygens (including phenoxy) is 1. The van der Waals surface area contributed by atoms with E-state index in [1.165, 1.54) is 44.9 Å². The molecular formula is C21H40O4. The van der Waals surface area contributed by atoms with Gasteiger partial charge in [0.1, 0.15) is 12.4 Å². The number of rotatable bonds is 14. The van der Waals surface area contributed by atoms with E-state index in [-0.39, 0.29) is 18.4 Å². The molecule has 0 aromatic heterocycles. The first-order chi connectivity index (χ1) is 11.7. The van der Waals surface area contributed by atoms with E-state index in [1.54, 1.807) is 27.7 Å². The van der Waals surface area contributed by atoms with Gasteiger partial charge in [0.25, 0.3) is 0 Å². The van der Waals surface area contributed by atoms with Crippen LogP contribution >= 0.6 is 0 Å². The molecule has 0 aliphatic rings. The van der Waals surface area contributed by atoms with Crippen LogP contribution in [-0.2, 0) is 14.3 Å². The summed E-state index contributed by atoms with van der Waals surface area (Å²) in [7, 11) is 0. The number of hydrogen-bond acceptors (Lipinski definition) is 4. The van der Waals surface area contributed by atoms with E-state index in [0.717, 1.165) is 12.8 Å². The summed E-state index contributed by atoms with van der Waals surface area (Å²) in [5, 5.41) is 10.0. The minimum atomic E-state index is -0.919. The Bertz CT molecular complexity index is 371. The fourth-order valence-corrected chi connectivity index (χ4v) is 2.57. The Morgan fingerprint density at radius 1 is 0.920 bits per heavy atom. The van der Waals surface area contributed by atoms with Gasteiger partial charge in [-0.25, -0.2) is 0 Å². The molecule has 0 rings (SSSR count). The largest absolute Gasteiger partial charge is 0.463 e. The van der Waals surface area contributed by atoms with Gasteiger partial charge < -0.3 is 9.84 Å². The van der Waals surface area contributed by atoms with Gasteiger partial charge in [-0.1, -0.05) is 65.2 Å². The van der Waals surface area contributed by atoms with Crippen LogP contribution in [0.3, 0.4) is 0 Å². The van der Waals surface area contributed by atoms with Crippen LogP contribution in [0.4, 0.5) is 0 Å². The van der Waals surface area contributed by atoms with Crippen LogP contribution in [0.5, 0.6) is 0 Å². The summed E-state index contributed by atoms with van der Waals surface area (Å²) in [5.41, 5.74) is -0.594. The van der Waals surface area contributed by atoms with E-state index in [0.29, 0.717) is 6.42 Å². The van der Waals surface area contributed by atoms with Crippen LogP contribution in [0, 0.1) is 11.3 Å². The third-order valence-corrected chi connectivity index (χ3v) is 4.61. The molecule has 0 heterocycles. The lowest BCUT2D eigenvalue weighted by Gasteiger charge is -2.21. The standard InChI is InChI=1S/C21H40O4/c1-6-7-8-9-10-11-12-13-14-15-18(22)17(2)19(23)16-25-20(24)21(3,4)5/h17,19,23H,6-16H2,1-5H3. The summed E-state index contributed by atoms with van der Waals surface area (Å²) in [6, 6.07) is 0. The second-order valence-corrected chi connectivity index (χ2v) is 8.25. The normalized spacial score (nSPS) is 14.2. The maximum absolute atomic E-state index is 12.1. The monoisotopic (exact) mass is 356 g/mol. The zero-order valence-electron chi connectivity index (χ0n) is 17.1. The molecule has 0 saturated carbocycles. The molecule has 0 amide bonds. The summed E-state index contributed by atoms with van der Waals surface area (Å²) >= 11 is 0. The summed E-state index contributed by atoms with van der Waals surface area (Å²) in [6.07, 6.45) is 10.5. The molecule has 2 unspecified atom stereocenters. The Morgan fingerprint density at radius 2 is 1.40 bits per heavy atom. The van der Waals surface area contributed by atoms with Gasteiger partial charge in [-0.3, -0.25) is 9.59 Å². The highest BCUT2D eigenvalue weighted by Crippen LogP contribution is 2.17. The number of aliphatic hydroxyl groups excluding tert-OH is 1. The first-order valence-electron chi connectivity index (χ1n) is 10.1. The maximum Gasteiger partial charge on any atom is 0.311 e. The third kappa shape index (κ3) is 12.1. The van der Waals surface area contributed by atoms with Crippen LogP contribution in [0.25, 0.3) is 0 Å². The predicted molar refractivity (Wildman–Crippen MR) is 102 cm³/mol. The quantitative estimate of drug-likeness (QED) is 0.349. The van der Waals surface area contributed by atoms with Crippen molar-refractivity contribution in [2.24, 2.45) is 11.3 Å². The Labute approximate surface area is 154 Å². The highest BCUT2D eigenvalue weighted by Gasteiger charge is 2.27. The van der Waals surface area contributed by atoms with Crippen LogP contribution < -0.4 is 0 Å². The highest BCUT2D eigenvalue weighted by molar-refractivity contribution is 5.81. The van der Waals surface area contributed by atoms with Crippen molar-refractivity contribution >= 4 is 11.8 Å². The predicted octanol–water partition coefficient (Wildman–Crippen LogP) is 5.06. The van der Waals surface area contributed by atoms with E-state index in [9.17, 15) is 14.7 Å². The summed E-state index contributed by atoms with van der Waals surface area (Å²) in [4.78, 5) is 23.8. The second kappa shape index (κ2) is 13.3. The number of ketones is 1. The van der Waals surface area contributed by atoms with Crippen LogP contribution in [-0.4, -0.2) is 29.6 Å². The van der Waals surface area contributed by atoms with Crippen molar-refractivity contribution in [1.29, 1.82) is 0 Å². The van der Waals surface area contributed by atoms with E-state index in [2.05, 4.69) is 6.92 Å². The fraction of sp³-hybridized carbons (Fsp3) is 0.905. The summed E-state index contributed by atoms with van der Waals surface area (Å²) < 4.78 is 5.10. The molecule has 0 bridgehead atoms. The van der Waals surface area contributed by atoms with Crippen molar-refractivity contribution in [2.45, 2.75) is 105 Å². The van der Waals surface area contributed by atoms with E-state index < -0.39 is 17.4 Å². The average Bonchev–Trinajstić information content (AvgIpc) is 2.55. The van der Waals surface area contributed by atoms with Crippen molar-refractivity contribution in [3.63, 3.8) is 0 Å². The molecule has 0 aliphatic heterocycles. The fourth-order valence-electron chi connectivity index (χ4n) is 2.57. The maximum atomic E-state index is 12.1. The van der Waals surface area contributed by atoms with Gasteiger partial charge in [0.15, 0.2) is 0 Å². The number of hydrogen-bond donors (Lipinski definition) is 1. The van der Waals surface area contributed by atoms with E-state index >= 15 is 0 Å². The molecule has 0 radical (unpaired) electrons. The first-order valence-corrected chi connectivity index (χ1v) is 10.1. The zero-order valence-corrected chi connectivity index (χ0v) is 17.1. The number of unbranched alkanes of at least 4 members (excludes halogenated alkanes) is 8. The molecule has 0 aromatic carbocycles. The average molecular weight is 357 g/mol. The van der Waals surface area contributed by atoms with Crippen LogP contribution in [0.15, 0.2) is 0 Å². The lowest BCUT2D eigenvalue weighted by Crippen LogP contribution is -2.33. The topological polar surface area (TPSA) is 63.6 Å². The number of Topliss-reactive ketones (excluding diaryl/α,β-unsaturated/α-hetero) is 1. The molecule has 2 atom stereocenters. The van der Waals surface area contributed by atoms with Gasteiger partial charge in [-0.05, 0) is 27.2 Å². The first kappa shape index (κ1) is 24.1. The number of carbonyl (C=O) groups excluding carboxylic acids is 2. The lowest BCUT2D eigenvalue weighted by molar-refractivity contribution is -0.157. The van der Waals surface area contributed by atoms with Crippen molar-refractivity contribution in [1.82, 2.24) is 0 Å². The second-order valence-electron chi connectivity index (χ2n) is 8.25. The van der Waals surface area contributed by atoms with Gasteiger partial charge in [0.05, 0.1) is 11.5 Å². The van der Waals surface area contributed by atoms with Crippen LogP contribution in [0.1, 0.15) is 98.8 Å². The third-order valence-electron chi connectivity index (χ3n) is 4.61. The minimum absolute atomic E-state index is 0.0576. The molecule has 0 fully saturated rings. The molecule has 0 saturated heterocycles. The molecular weight excluding hydrogens is 316 g/mol.